The number of hydrogen-bond donors (Lipinski definition) is 0. The number of carbonyl (C=O) groups is 1. The first-order chi connectivity index (χ1) is 11.4. The fourth-order valence-electron chi connectivity index (χ4n) is 5.71. The van der Waals surface area contributed by atoms with Gasteiger partial charge in [0.05, 0.1) is 12.5 Å². The molecule has 0 radical (unpaired) electrons. The molecule has 5 rings (SSSR count). The van der Waals surface area contributed by atoms with Gasteiger partial charge in [0.15, 0.2) is 0 Å². The van der Waals surface area contributed by atoms with E-state index in [0.29, 0.717) is 11.8 Å². The minimum atomic E-state index is -0.344. The van der Waals surface area contributed by atoms with Gasteiger partial charge in [-0.15, -0.1) is 11.6 Å². The third-order valence-electron chi connectivity index (χ3n) is 6.22. The van der Waals surface area contributed by atoms with Gasteiger partial charge < -0.3 is 9.47 Å². The van der Waals surface area contributed by atoms with Crippen LogP contribution in [0.4, 0.5) is 0 Å². The Hall–Kier alpha value is -1.22. The van der Waals surface area contributed by atoms with E-state index in [2.05, 4.69) is 0 Å². The van der Waals surface area contributed by atoms with Crippen LogP contribution in [0.5, 0.6) is 5.75 Å². The molecule has 0 aliphatic heterocycles. The van der Waals surface area contributed by atoms with Crippen LogP contribution >= 0.6 is 11.6 Å². The molecule has 1 aromatic carbocycles. The Bertz CT molecular complexity index is 655. The van der Waals surface area contributed by atoms with E-state index in [-0.39, 0.29) is 22.9 Å². The molecule has 0 saturated heterocycles. The number of ether oxygens (including phenoxy) is 2. The molecule has 0 aromatic heterocycles. The van der Waals surface area contributed by atoms with Crippen molar-refractivity contribution in [3.63, 3.8) is 0 Å². The SMILES string of the molecule is COc1ccc(C)cc1COC(=O)C12C[C@@H]3C[C@@H](CC(Cl)(C3)C1)C2. The van der Waals surface area contributed by atoms with Crippen LogP contribution < -0.4 is 4.74 Å². The molecule has 0 amide bonds. The second-order valence-corrected chi connectivity index (χ2v) is 9.09. The van der Waals surface area contributed by atoms with Crippen molar-refractivity contribution in [2.24, 2.45) is 17.3 Å². The minimum absolute atomic E-state index is 0.0508. The molecule has 0 heterocycles. The highest BCUT2D eigenvalue weighted by Crippen LogP contribution is 2.64. The van der Waals surface area contributed by atoms with E-state index in [1.165, 1.54) is 6.42 Å². The van der Waals surface area contributed by atoms with Crippen LogP contribution in [-0.4, -0.2) is 18.0 Å². The Morgan fingerprint density at radius 3 is 2.58 bits per heavy atom. The maximum absolute atomic E-state index is 13.0. The zero-order chi connectivity index (χ0) is 16.9. The van der Waals surface area contributed by atoms with E-state index in [1.54, 1.807) is 7.11 Å². The molecular weight excluding hydrogens is 324 g/mol. The number of carbonyl (C=O) groups excluding carboxylic acids is 1. The van der Waals surface area contributed by atoms with Crippen molar-refractivity contribution in [1.29, 1.82) is 0 Å². The van der Waals surface area contributed by atoms with Crippen molar-refractivity contribution in [2.45, 2.75) is 56.9 Å². The highest BCUT2D eigenvalue weighted by molar-refractivity contribution is 6.24. The quantitative estimate of drug-likeness (QED) is 0.588. The normalized spacial score (nSPS) is 36.6. The summed E-state index contributed by atoms with van der Waals surface area (Å²) in [5, 5.41) is 0. The maximum Gasteiger partial charge on any atom is 0.312 e. The third-order valence-corrected chi connectivity index (χ3v) is 6.66. The number of hydrogen-bond acceptors (Lipinski definition) is 3. The van der Waals surface area contributed by atoms with Crippen molar-refractivity contribution in [2.75, 3.05) is 7.11 Å². The van der Waals surface area contributed by atoms with Crippen LogP contribution in [0.1, 0.15) is 49.7 Å². The lowest BCUT2D eigenvalue weighted by atomic mass is 9.49. The van der Waals surface area contributed by atoms with Gasteiger partial charge in [-0.05, 0) is 69.4 Å². The number of halogens is 1. The Labute approximate surface area is 148 Å². The molecule has 0 N–H and O–H groups in total. The van der Waals surface area contributed by atoms with Crippen molar-refractivity contribution in [1.82, 2.24) is 0 Å². The number of benzene rings is 1. The molecule has 130 valence electrons. The van der Waals surface area contributed by atoms with Crippen molar-refractivity contribution < 1.29 is 14.3 Å². The van der Waals surface area contributed by atoms with Crippen LogP contribution in [0.25, 0.3) is 0 Å². The first kappa shape index (κ1) is 16.3. The molecule has 4 fully saturated rings. The van der Waals surface area contributed by atoms with Crippen LogP contribution in [0.15, 0.2) is 18.2 Å². The van der Waals surface area contributed by atoms with Gasteiger partial charge >= 0.3 is 5.97 Å². The number of methoxy groups -OCH3 is 1. The molecule has 4 atom stereocenters. The first-order valence-corrected chi connectivity index (χ1v) is 9.29. The van der Waals surface area contributed by atoms with Crippen LogP contribution in [-0.2, 0) is 16.1 Å². The Kier molecular flexibility index (Phi) is 3.83. The maximum atomic E-state index is 13.0. The number of rotatable bonds is 4. The third kappa shape index (κ3) is 2.71. The lowest BCUT2D eigenvalue weighted by Crippen LogP contribution is -2.56. The number of alkyl halides is 1. The second kappa shape index (κ2) is 5.66. The summed E-state index contributed by atoms with van der Waals surface area (Å²) in [4.78, 5) is 12.8. The molecule has 24 heavy (non-hydrogen) atoms. The summed E-state index contributed by atoms with van der Waals surface area (Å²) in [7, 11) is 1.65. The Balaban J connectivity index is 1.50. The summed E-state index contributed by atoms with van der Waals surface area (Å²) in [6.45, 7) is 2.30. The summed E-state index contributed by atoms with van der Waals surface area (Å²) in [6, 6.07) is 5.95. The fraction of sp³-hybridized carbons (Fsp3) is 0.650. The lowest BCUT2D eigenvalue weighted by Gasteiger charge is -2.58. The van der Waals surface area contributed by atoms with Gasteiger partial charge in [0, 0.05) is 10.4 Å². The average molecular weight is 349 g/mol. The van der Waals surface area contributed by atoms with Crippen molar-refractivity contribution in [3.8, 4) is 5.75 Å². The summed E-state index contributed by atoms with van der Waals surface area (Å²) < 4.78 is 11.2. The molecule has 3 nitrogen and oxygen atoms in total. The number of esters is 1. The molecule has 4 saturated carbocycles. The lowest BCUT2D eigenvalue weighted by molar-refractivity contribution is -0.171. The summed E-state index contributed by atoms with van der Waals surface area (Å²) in [6.07, 6.45) is 6.11. The molecule has 4 aliphatic carbocycles. The van der Waals surface area contributed by atoms with Crippen LogP contribution in [0.2, 0.25) is 0 Å². The Morgan fingerprint density at radius 1 is 1.25 bits per heavy atom. The van der Waals surface area contributed by atoms with E-state index < -0.39 is 0 Å². The standard InChI is InChI=1S/C20H25ClO3/c1-13-3-4-17(23-2)16(5-13)11-24-18(22)19-7-14-6-15(8-19)10-20(21,9-14)12-19/h3-5,14-15H,6-12H2,1-2H3/t14-,15+,19?,20?. The van der Waals surface area contributed by atoms with E-state index in [9.17, 15) is 4.79 Å². The second-order valence-electron chi connectivity index (χ2n) is 8.28. The number of aryl methyl sites for hydroxylation is 1. The van der Waals surface area contributed by atoms with Crippen molar-refractivity contribution >= 4 is 17.6 Å². The van der Waals surface area contributed by atoms with Gasteiger partial charge in [0.2, 0.25) is 0 Å². The van der Waals surface area contributed by atoms with Crippen LogP contribution in [0.3, 0.4) is 0 Å². The van der Waals surface area contributed by atoms with Gasteiger partial charge in [-0.25, -0.2) is 0 Å². The van der Waals surface area contributed by atoms with Gasteiger partial charge in [0.1, 0.15) is 12.4 Å². The molecule has 4 heteroatoms. The van der Waals surface area contributed by atoms with Gasteiger partial charge in [-0.2, -0.15) is 0 Å². The monoisotopic (exact) mass is 348 g/mol. The smallest absolute Gasteiger partial charge is 0.312 e. The average Bonchev–Trinajstić information content (AvgIpc) is 2.50. The zero-order valence-electron chi connectivity index (χ0n) is 14.4. The van der Waals surface area contributed by atoms with Gasteiger partial charge in [0.25, 0.3) is 0 Å². The highest BCUT2D eigenvalue weighted by Gasteiger charge is 2.60. The molecule has 4 bridgehead atoms. The first-order valence-electron chi connectivity index (χ1n) is 8.91. The molecule has 4 aliphatic rings. The zero-order valence-corrected chi connectivity index (χ0v) is 15.2. The summed E-state index contributed by atoms with van der Waals surface area (Å²) in [5.74, 6) is 1.92. The summed E-state index contributed by atoms with van der Waals surface area (Å²) >= 11 is 6.82. The van der Waals surface area contributed by atoms with E-state index in [1.807, 2.05) is 25.1 Å². The fourth-order valence-corrected chi connectivity index (χ4v) is 6.40. The highest BCUT2D eigenvalue weighted by atomic mass is 35.5. The predicted molar refractivity (Wildman–Crippen MR) is 93.2 cm³/mol. The van der Waals surface area contributed by atoms with Gasteiger partial charge in [-0.3, -0.25) is 4.79 Å². The van der Waals surface area contributed by atoms with Crippen LogP contribution in [0, 0.1) is 24.2 Å². The summed E-state index contributed by atoms with van der Waals surface area (Å²) in [5.41, 5.74) is 1.72. The van der Waals surface area contributed by atoms with E-state index in [0.717, 1.165) is 49.0 Å². The largest absolute Gasteiger partial charge is 0.496 e. The topological polar surface area (TPSA) is 35.5 Å². The minimum Gasteiger partial charge on any atom is -0.496 e. The Morgan fingerprint density at radius 2 is 1.96 bits per heavy atom. The van der Waals surface area contributed by atoms with E-state index in [4.69, 9.17) is 21.1 Å². The molecular formula is C20H25ClO3. The van der Waals surface area contributed by atoms with Gasteiger partial charge in [-0.1, -0.05) is 11.6 Å². The molecule has 1 aromatic rings. The van der Waals surface area contributed by atoms with E-state index >= 15 is 0 Å². The van der Waals surface area contributed by atoms with Crippen molar-refractivity contribution in [3.05, 3.63) is 29.3 Å². The predicted octanol–water partition coefficient (Wildman–Crippen LogP) is 4.62. The molecule has 2 unspecified atom stereocenters. The molecule has 0 spiro atoms.